The molecule has 0 atom stereocenters. The molecule has 0 saturated heterocycles. The molecule has 7 heteroatoms. The average molecular weight is 268 g/mol. The summed E-state index contributed by atoms with van der Waals surface area (Å²) < 4.78 is 5.04. The normalized spacial score (nSPS) is 10.7. The molecule has 0 spiro atoms. The van der Waals surface area contributed by atoms with Gasteiger partial charge in [-0.2, -0.15) is 0 Å². The number of nitrogen functional groups attached to an aromatic ring is 1. The van der Waals surface area contributed by atoms with Gasteiger partial charge in [0.05, 0.1) is 11.5 Å². The quantitative estimate of drug-likeness (QED) is 0.597. The fraction of sp³-hybridized carbons (Fsp3) is 0.583. The van der Waals surface area contributed by atoms with E-state index in [2.05, 4.69) is 4.98 Å². The minimum absolute atomic E-state index is 0.0362. The van der Waals surface area contributed by atoms with E-state index in [1.54, 1.807) is 7.11 Å². The molecule has 0 amide bonds. The van der Waals surface area contributed by atoms with Gasteiger partial charge in [-0.25, -0.2) is 4.98 Å². The molecule has 0 fully saturated rings. The minimum atomic E-state index is -0.443. The fourth-order valence-corrected chi connectivity index (χ4v) is 1.76. The van der Waals surface area contributed by atoms with Crippen molar-refractivity contribution in [2.24, 2.45) is 5.92 Å². The van der Waals surface area contributed by atoms with Crippen molar-refractivity contribution in [3.8, 4) is 0 Å². The van der Waals surface area contributed by atoms with Crippen LogP contribution in [-0.2, 0) is 4.74 Å². The number of rotatable bonds is 7. The summed E-state index contributed by atoms with van der Waals surface area (Å²) in [6.45, 7) is 5.74. The third-order valence-electron chi connectivity index (χ3n) is 2.52. The van der Waals surface area contributed by atoms with E-state index in [-0.39, 0.29) is 11.5 Å². The van der Waals surface area contributed by atoms with Crippen molar-refractivity contribution < 1.29 is 9.66 Å². The Balaban J connectivity index is 3.11. The lowest BCUT2D eigenvalue weighted by Gasteiger charge is -2.25. The number of aromatic nitrogens is 1. The topological polar surface area (TPSA) is 94.5 Å². The van der Waals surface area contributed by atoms with Crippen molar-refractivity contribution >= 4 is 17.3 Å². The Hall–Kier alpha value is -1.89. The van der Waals surface area contributed by atoms with E-state index in [0.29, 0.717) is 31.4 Å². The second kappa shape index (κ2) is 6.89. The summed E-state index contributed by atoms with van der Waals surface area (Å²) in [5.74, 6) is 0.919. The SMILES string of the molecule is COCCN(CC(C)C)c1nc(N)ccc1[N+](=O)[O-]. The number of hydrogen-bond donors (Lipinski definition) is 1. The Labute approximate surface area is 112 Å². The van der Waals surface area contributed by atoms with Crippen molar-refractivity contribution in [1.82, 2.24) is 4.98 Å². The van der Waals surface area contributed by atoms with Crippen LogP contribution >= 0.6 is 0 Å². The van der Waals surface area contributed by atoms with E-state index in [1.807, 2.05) is 18.7 Å². The van der Waals surface area contributed by atoms with E-state index in [4.69, 9.17) is 10.5 Å². The van der Waals surface area contributed by atoms with E-state index in [9.17, 15) is 10.1 Å². The summed E-state index contributed by atoms with van der Waals surface area (Å²) in [4.78, 5) is 16.6. The van der Waals surface area contributed by atoms with Gasteiger partial charge in [-0.05, 0) is 12.0 Å². The number of anilines is 2. The van der Waals surface area contributed by atoms with Crippen LogP contribution in [0.2, 0.25) is 0 Å². The molecule has 19 heavy (non-hydrogen) atoms. The predicted octanol–water partition coefficient (Wildman–Crippen LogP) is 1.68. The van der Waals surface area contributed by atoms with Crippen LogP contribution in [0.4, 0.5) is 17.3 Å². The van der Waals surface area contributed by atoms with Gasteiger partial charge in [-0.1, -0.05) is 13.8 Å². The monoisotopic (exact) mass is 268 g/mol. The first-order chi connectivity index (χ1) is 8.95. The van der Waals surface area contributed by atoms with Crippen LogP contribution in [0.3, 0.4) is 0 Å². The van der Waals surface area contributed by atoms with E-state index >= 15 is 0 Å². The van der Waals surface area contributed by atoms with E-state index < -0.39 is 4.92 Å². The van der Waals surface area contributed by atoms with Crippen molar-refractivity contribution in [3.05, 3.63) is 22.2 Å². The number of nitrogens with two attached hydrogens (primary N) is 1. The molecule has 0 unspecified atom stereocenters. The van der Waals surface area contributed by atoms with Gasteiger partial charge >= 0.3 is 5.69 Å². The van der Waals surface area contributed by atoms with Crippen molar-refractivity contribution in [2.45, 2.75) is 13.8 Å². The highest BCUT2D eigenvalue weighted by atomic mass is 16.6. The third-order valence-corrected chi connectivity index (χ3v) is 2.52. The summed E-state index contributed by atoms with van der Waals surface area (Å²) in [6, 6.07) is 2.82. The highest BCUT2D eigenvalue weighted by Crippen LogP contribution is 2.27. The summed E-state index contributed by atoms with van der Waals surface area (Å²) in [7, 11) is 1.59. The number of nitrogens with zero attached hydrogens (tertiary/aromatic N) is 3. The maximum absolute atomic E-state index is 11.1. The lowest BCUT2D eigenvalue weighted by atomic mass is 10.2. The molecule has 1 heterocycles. The molecule has 1 aromatic rings. The molecule has 2 N–H and O–H groups in total. The zero-order chi connectivity index (χ0) is 14.4. The smallest absolute Gasteiger partial charge is 0.311 e. The molecule has 0 radical (unpaired) electrons. The second-order valence-electron chi connectivity index (χ2n) is 4.67. The lowest BCUT2D eigenvalue weighted by molar-refractivity contribution is -0.384. The maximum Gasteiger partial charge on any atom is 0.311 e. The molecule has 106 valence electrons. The number of methoxy groups -OCH3 is 1. The van der Waals surface area contributed by atoms with Gasteiger partial charge in [0.15, 0.2) is 0 Å². The number of ether oxygens (including phenoxy) is 1. The first-order valence-electron chi connectivity index (χ1n) is 6.10. The molecule has 0 aliphatic rings. The van der Waals surface area contributed by atoms with Gasteiger partial charge in [0, 0.05) is 26.3 Å². The Morgan fingerprint density at radius 3 is 2.74 bits per heavy atom. The zero-order valence-corrected chi connectivity index (χ0v) is 11.5. The van der Waals surface area contributed by atoms with E-state index in [1.165, 1.54) is 12.1 Å². The minimum Gasteiger partial charge on any atom is -0.384 e. The van der Waals surface area contributed by atoms with Crippen LogP contribution in [0, 0.1) is 16.0 Å². The first kappa shape index (κ1) is 15.2. The third kappa shape index (κ3) is 4.36. The van der Waals surface area contributed by atoms with Gasteiger partial charge in [-0.15, -0.1) is 0 Å². The van der Waals surface area contributed by atoms with Crippen LogP contribution in [-0.4, -0.2) is 36.7 Å². The predicted molar refractivity (Wildman–Crippen MR) is 74.2 cm³/mol. The molecule has 1 rings (SSSR count). The Kier molecular flexibility index (Phi) is 5.50. The molecule has 1 aromatic heterocycles. The first-order valence-corrected chi connectivity index (χ1v) is 6.10. The van der Waals surface area contributed by atoms with Crippen LogP contribution < -0.4 is 10.6 Å². The molecular formula is C12H20N4O3. The Bertz CT molecular complexity index is 437. The van der Waals surface area contributed by atoms with E-state index in [0.717, 1.165) is 0 Å². The summed E-state index contributed by atoms with van der Waals surface area (Å²) >= 11 is 0. The van der Waals surface area contributed by atoms with Crippen LogP contribution in [0.25, 0.3) is 0 Å². The van der Waals surface area contributed by atoms with Gasteiger partial charge in [-0.3, -0.25) is 10.1 Å². The van der Waals surface area contributed by atoms with Gasteiger partial charge in [0.1, 0.15) is 5.82 Å². The van der Waals surface area contributed by atoms with Crippen LogP contribution in [0.1, 0.15) is 13.8 Å². The molecule has 0 aromatic carbocycles. The summed E-state index contributed by atoms with van der Waals surface area (Å²) in [5, 5.41) is 11.1. The van der Waals surface area contributed by atoms with Crippen LogP contribution in [0.15, 0.2) is 12.1 Å². The number of hydrogen-bond acceptors (Lipinski definition) is 6. The number of pyridine rings is 1. The van der Waals surface area contributed by atoms with Crippen molar-refractivity contribution in [3.63, 3.8) is 0 Å². The molecule has 7 nitrogen and oxygen atoms in total. The van der Waals surface area contributed by atoms with Gasteiger partial charge < -0.3 is 15.4 Å². The van der Waals surface area contributed by atoms with Gasteiger partial charge in [0.25, 0.3) is 0 Å². The standard InChI is InChI=1S/C12H20N4O3/c1-9(2)8-15(6-7-19-3)12-10(16(17)18)4-5-11(13)14-12/h4-5,9H,6-8H2,1-3H3,(H2,13,14). The van der Waals surface area contributed by atoms with Crippen molar-refractivity contribution in [2.75, 3.05) is 37.4 Å². The van der Waals surface area contributed by atoms with Gasteiger partial charge in [0.2, 0.25) is 5.82 Å². The molecule has 0 aliphatic carbocycles. The molecular weight excluding hydrogens is 248 g/mol. The lowest BCUT2D eigenvalue weighted by Crippen LogP contribution is -2.32. The highest BCUT2D eigenvalue weighted by molar-refractivity contribution is 5.61. The molecule has 0 saturated carbocycles. The largest absolute Gasteiger partial charge is 0.384 e. The summed E-state index contributed by atoms with van der Waals surface area (Å²) in [6.07, 6.45) is 0. The van der Waals surface area contributed by atoms with Crippen LogP contribution in [0.5, 0.6) is 0 Å². The maximum atomic E-state index is 11.1. The Morgan fingerprint density at radius 2 is 2.21 bits per heavy atom. The second-order valence-corrected chi connectivity index (χ2v) is 4.67. The number of nitro groups is 1. The average Bonchev–Trinajstić information content (AvgIpc) is 2.33. The fourth-order valence-electron chi connectivity index (χ4n) is 1.76. The summed E-state index contributed by atoms with van der Waals surface area (Å²) in [5.41, 5.74) is 5.60. The molecule has 0 aliphatic heterocycles. The Morgan fingerprint density at radius 1 is 1.53 bits per heavy atom. The van der Waals surface area contributed by atoms with Crippen molar-refractivity contribution in [1.29, 1.82) is 0 Å². The zero-order valence-electron chi connectivity index (χ0n) is 11.5. The highest BCUT2D eigenvalue weighted by Gasteiger charge is 2.22. The molecule has 0 bridgehead atoms.